The lowest BCUT2D eigenvalue weighted by Crippen LogP contribution is -1.99. The van der Waals surface area contributed by atoms with Gasteiger partial charge in [0.15, 0.2) is 0 Å². The molecular weight excluding hydrogens is 138 g/mol. The molecular formula is C8H17N3. The van der Waals surface area contributed by atoms with Crippen molar-refractivity contribution in [2.75, 3.05) is 0 Å². The Morgan fingerprint density at radius 1 is 1.55 bits per heavy atom. The summed E-state index contributed by atoms with van der Waals surface area (Å²) in [5.41, 5.74) is 7.26. The Balaban J connectivity index is -0.000000249. The van der Waals surface area contributed by atoms with Crippen LogP contribution in [0.3, 0.4) is 0 Å². The fraction of sp³-hybridized carbons (Fsp3) is 0.250. The normalized spacial score (nSPS) is 8.18. The summed E-state index contributed by atoms with van der Waals surface area (Å²) in [6, 6.07) is 0. The summed E-state index contributed by atoms with van der Waals surface area (Å²) in [4.78, 5) is 3.75. The van der Waals surface area contributed by atoms with Crippen molar-refractivity contribution in [3.05, 3.63) is 24.0 Å². The lowest BCUT2D eigenvalue weighted by Gasteiger charge is -1.91. The van der Waals surface area contributed by atoms with E-state index in [0.29, 0.717) is 5.70 Å². The van der Waals surface area contributed by atoms with Crippen LogP contribution in [0.4, 0.5) is 0 Å². The topological polar surface area (TPSA) is 62.2 Å². The van der Waals surface area contributed by atoms with Crippen molar-refractivity contribution in [2.24, 2.45) is 10.7 Å². The monoisotopic (exact) mass is 155 g/mol. The van der Waals surface area contributed by atoms with Gasteiger partial charge in [-0.15, -0.1) is 0 Å². The van der Waals surface area contributed by atoms with E-state index < -0.39 is 0 Å². The molecule has 0 aliphatic heterocycles. The second kappa shape index (κ2) is 8.62. The third-order valence-corrected chi connectivity index (χ3v) is 0.896. The molecule has 0 aliphatic rings. The van der Waals surface area contributed by atoms with E-state index in [1.807, 2.05) is 13.8 Å². The van der Waals surface area contributed by atoms with Gasteiger partial charge in [-0.2, -0.15) is 0 Å². The zero-order valence-corrected chi connectivity index (χ0v) is 7.09. The van der Waals surface area contributed by atoms with Crippen molar-refractivity contribution in [1.82, 2.24) is 0 Å². The van der Waals surface area contributed by atoms with Crippen LogP contribution >= 0.6 is 0 Å². The van der Waals surface area contributed by atoms with E-state index in [0.717, 1.165) is 5.57 Å². The molecule has 0 unspecified atom stereocenters. The maximum atomic E-state index is 5.50. The fourth-order valence-electron chi connectivity index (χ4n) is 0.262. The number of nitrogens with zero attached hydrogens (tertiary/aromatic N) is 1. The Morgan fingerprint density at radius 3 is 2.27 bits per heavy atom. The highest BCUT2D eigenvalue weighted by molar-refractivity contribution is 5.78. The number of allylic oxidation sites excluding steroid dienone is 2. The SMILES string of the molecule is C=CN=CC(N)=C(C)C.C=N.[HH]. The van der Waals surface area contributed by atoms with Gasteiger partial charge < -0.3 is 11.1 Å². The number of nitrogens with one attached hydrogen (secondary N) is 1. The second-order valence-electron chi connectivity index (χ2n) is 1.92. The quantitative estimate of drug-likeness (QED) is 0.588. The van der Waals surface area contributed by atoms with Gasteiger partial charge in [0, 0.05) is 19.5 Å². The zero-order chi connectivity index (χ0) is 9.28. The van der Waals surface area contributed by atoms with Gasteiger partial charge in [0.2, 0.25) is 0 Å². The molecule has 0 radical (unpaired) electrons. The summed E-state index contributed by atoms with van der Waals surface area (Å²) < 4.78 is 0. The van der Waals surface area contributed by atoms with E-state index >= 15 is 0 Å². The lowest BCUT2D eigenvalue weighted by molar-refractivity contribution is 1.29. The molecule has 0 saturated carbocycles. The van der Waals surface area contributed by atoms with Gasteiger partial charge in [0.25, 0.3) is 0 Å². The first-order valence-electron chi connectivity index (χ1n) is 3.11. The van der Waals surface area contributed by atoms with Crippen molar-refractivity contribution in [3.63, 3.8) is 0 Å². The van der Waals surface area contributed by atoms with E-state index in [4.69, 9.17) is 11.1 Å². The Morgan fingerprint density at radius 2 is 2.00 bits per heavy atom. The van der Waals surface area contributed by atoms with Crippen LogP contribution in [0.25, 0.3) is 0 Å². The summed E-state index contributed by atoms with van der Waals surface area (Å²) >= 11 is 0. The summed E-state index contributed by atoms with van der Waals surface area (Å²) in [7, 11) is 0. The molecule has 3 heteroatoms. The molecule has 64 valence electrons. The van der Waals surface area contributed by atoms with Crippen LogP contribution < -0.4 is 5.73 Å². The van der Waals surface area contributed by atoms with Gasteiger partial charge in [-0.25, -0.2) is 0 Å². The molecule has 0 heterocycles. The number of aliphatic imine (C=N–C) groups is 1. The molecule has 0 bridgehead atoms. The van der Waals surface area contributed by atoms with Crippen LogP contribution in [-0.4, -0.2) is 12.9 Å². The van der Waals surface area contributed by atoms with E-state index in [1.54, 1.807) is 6.21 Å². The standard InChI is InChI=1S/C7H12N2.CH3N.H2/c1-4-9-5-7(8)6(2)3;1-2;/h4-5H,1,8H2,2-3H3;2H,1H2;1H. The minimum atomic E-state index is 0. The molecule has 0 aromatic carbocycles. The maximum absolute atomic E-state index is 5.50. The summed E-state index contributed by atoms with van der Waals surface area (Å²) in [6.45, 7) is 9.79. The first-order valence-corrected chi connectivity index (χ1v) is 3.11. The highest BCUT2D eigenvalue weighted by Gasteiger charge is 1.83. The Kier molecular flexibility index (Phi) is 9.65. The summed E-state index contributed by atoms with van der Waals surface area (Å²) in [5, 5.41) is 5.50. The van der Waals surface area contributed by atoms with Gasteiger partial charge in [-0.3, -0.25) is 4.99 Å². The molecule has 0 atom stereocenters. The third kappa shape index (κ3) is 8.62. The number of nitrogens with two attached hydrogens (primary N) is 1. The van der Waals surface area contributed by atoms with Crippen molar-refractivity contribution >= 4 is 12.9 Å². The van der Waals surface area contributed by atoms with Gasteiger partial charge in [0.1, 0.15) is 0 Å². The molecule has 0 fully saturated rings. The Hall–Kier alpha value is -1.38. The molecule has 0 aromatic heterocycles. The van der Waals surface area contributed by atoms with Crippen molar-refractivity contribution in [1.29, 1.82) is 5.41 Å². The summed E-state index contributed by atoms with van der Waals surface area (Å²) in [5.74, 6) is 0. The smallest absolute Gasteiger partial charge is 0.0496 e. The molecule has 3 nitrogen and oxygen atoms in total. The van der Waals surface area contributed by atoms with Crippen LogP contribution in [-0.2, 0) is 0 Å². The third-order valence-electron chi connectivity index (χ3n) is 0.896. The average molecular weight is 155 g/mol. The second-order valence-corrected chi connectivity index (χ2v) is 1.92. The minimum absolute atomic E-state index is 0. The lowest BCUT2D eigenvalue weighted by atomic mass is 10.3. The molecule has 0 aliphatic carbocycles. The van der Waals surface area contributed by atoms with Gasteiger partial charge in [-0.05, 0) is 20.6 Å². The van der Waals surface area contributed by atoms with E-state index in [1.165, 1.54) is 6.20 Å². The first kappa shape index (κ1) is 12.3. The average Bonchev–Trinajstić information content (AvgIpc) is 2.03. The maximum Gasteiger partial charge on any atom is 0.0496 e. The van der Waals surface area contributed by atoms with Crippen LogP contribution in [0, 0.1) is 5.41 Å². The number of hydrogen-bond acceptors (Lipinski definition) is 3. The molecule has 0 rings (SSSR count). The van der Waals surface area contributed by atoms with Crippen LogP contribution in [0.15, 0.2) is 29.0 Å². The largest absolute Gasteiger partial charge is 0.398 e. The Bertz CT molecular complexity index is 169. The molecule has 0 amide bonds. The zero-order valence-electron chi connectivity index (χ0n) is 7.09. The minimum Gasteiger partial charge on any atom is -0.398 e. The predicted molar refractivity (Wildman–Crippen MR) is 53.2 cm³/mol. The fourth-order valence-corrected chi connectivity index (χ4v) is 0.262. The van der Waals surface area contributed by atoms with Gasteiger partial charge in [-0.1, -0.05) is 12.2 Å². The van der Waals surface area contributed by atoms with E-state index in [9.17, 15) is 0 Å². The van der Waals surface area contributed by atoms with Gasteiger partial charge >= 0.3 is 0 Å². The first-order chi connectivity index (χ1) is 5.18. The van der Waals surface area contributed by atoms with E-state index in [2.05, 4.69) is 18.3 Å². The molecule has 0 saturated heterocycles. The van der Waals surface area contributed by atoms with Crippen LogP contribution in [0.5, 0.6) is 0 Å². The highest BCUT2D eigenvalue weighted by Crippen LogP contribution is 1.91. The predicted octanol–water partition coefficient (Wildman–Crippen LogP) is 1.97. The molecule has 3 N–H and O–H groups in total. The van der Waals surface area contributed by atoms with Crippen molar-refractivity contribution in [3.8, 4) is 0 Å². The molecule has 0 aromatic rings. The number of rotatable bonds is 2. The van der Waals surface area contributed by atoms with Gasteiger partial charge in [0.05, 0.1) is 0 Å². The Labute approximate surface area is 69.3 Å². The molecule has 0 spiro atoms. The number of hydrogen-bond donors (Lipinski definition) is 2. The van der Waals surface area contributed by atoms with Crippen molar-refractivity contribution in [2.45, 2.75) is 13.8 Å². The summed E-state index contributed by atoms with van der Waals surface area (Å²) in [6.07, 6.45) is 3.04. The van der Waals surface area contributed by atoms with Crippen LogP contribution in [0.2, 0.25) is 0 Å². The van der Waals surface area contributed by atoms with Crippen molar-refractivity contribution < 1.29 is 1.43 Å². The molecule has 11 heavy (non-hydrogen) atoms. The van der Waals surface area contributed by atoms with Crippen LogP contribution in [0.1, 0.15) is 15.3 Å². The highest BCUT2D eigenvalue weighted by atomic mass is 14.7. The van der Waals surface area contributed by atoms with E-state index in [-0.39, 0.29) is 1.43 Å².